The van der Waals surface area contributed by atoms with Crippen molar-refractivity contribution in [3.05, 3.63) is 81.7 Å². The van der Waals surface area contributed by atoms with E-state index in [1.165, 1.54) is 4.88 Å². The molecule has 1 aromatic heterocycles. The maximum Gasteiger partial charge on any atom is 0.251 e. The number of carbonyl (C=O) groups excluding carboxylic acids is 1. The van der Waals surface area contributed by atoms with Gasteiger partial charge in [-0.3, -0.25) is 4.79 Å². The summed E-state index contributed by atoms with van der Waals surface area (Å²) in [5, 5.41) is 24.9. The molecule has 1 unspecified atom stereocenters. The van der Waals surface area contributed by atoms with E-state index in [4.69, 9.17) is 14.2 Å². The van der Waals surface area contributed by atoms with E-state index in [2.05, 4.69) is 24.4 Å². The lowest BCUT2D eigenvalue weighted by atomic mass is 9.94. The Balaban J connectivity index is 1.14. The molecule has 1 amide bonds. The third-order valence-electron chi connectivity index (χ3n) is 7.45. The third-order valence-corrected chi connectivity index (χ3v) is 8.58. The number of aliphatic hydroxyl groups excluding tert-OH is 2. The zero-order chi connectivity index (χ0) is 26.6. The van der Waals surface area contributed by atoms with Gasteiger partial charge in [0.05, 0.1) is 0 Å². The Morgan fingerprint density at radius 1 is 1.11 bits per heavy atom. The molecule has 0 bridgehead atoms. The number of nitrogens with one attached hydrogen (secondary N) is 1. The quantitative estimate of drug-likeness (QED) is 0.413. The van der Waals surface area contributed by atoms with Crippen LogP contribution in [0.5, 0.6) is 0 Å². The lowest BCUT2D eigenvalue weighted by molar-refractivity contribution is -0.226. The number of benzene rings is 2. The number of aryl methyl sites for hydroxylation is 1. The number of rotatable bonds is 7. The molecule has 2 aliphatic heterocycles. The highest BCUT2D eigenvalue weighted by atomic mass is 32.1. The highest BCUT2D eigenvalue weighted by Gasteiger charge is 2.56. The van der Waals surface area contributed by atoms with Crippen molar-refractivity contribution in [2.75, 3.05) is 0 Å². The molecule has 200 valence electrons. The van der Waals surface area contributed by atoms with Crippen molar-refractivity contribution in [1.82, 2.24) is 5.32 Å². The molecule has 1 saturated carbocycles. The van der Waals surface area contributed by atoms with Crippen LogP contribution in [0.25, 0.3) is 10.4 Å². The summed E-state index contributed by atoms with van der Waals surface area (Å²) < 4.78 is 17.4. The fourth-order valence-electron chi connectivity index (χ4n) is 5.13. The fraction of sp³-hybridized carbons (Fsp3) is 0.433. The fourth-order valence-corrected chi connectivity index (χ4v) is 6.17. The van der Waals surface area contributed by atoms with Gasteiger partial charge in [-0.05, 0) is 80.1 Å². The molecule has 3 aliphatic rings. The second-order valence-electron chi connectivity index (χ2n) is 11.0. The van der Waals surface area contributed by atoms with Crippen LogP contribution < -0.4 is 5.32 Å². The third kappa shape index (κ3) is 5.17. The number of aliphatic hydroxyl groups is 2. The van der Waals surface area contributed by atoms with Crippen molar-refractivity contribution in [2.45, 2.75) is 82.6 Å². The van der Waals surface area contributed by atoms with Crippen LogP contribution in [0.2, 0.25) is 0 Å². The van der Waals surface area contributed by atoms with Gasteiger partial charge >= 0.3 is 0 Å². The van der Waals surface area contributed by atoms with Crippen molar-refractivity contribution in [3.8, 4) is 10.4 Å². The Labute approximate surface area is 226 Å². The molecule has 0 spiro atoms. The van der Waals surface area contributed by atoms with Gasteiger partial charge in [0.2, 0.25) is 0 Å². The molecule has 3 heterocycles. The van der Waals surface area contributed by atoms with Gasteiger partial charge in [0.15, 0.2) is 12.1 Å². The molecule has 1 aliphatic carbocycles. The van der Waals surface area contributed by atoms with Gasteiger partial charge in [0.25, 0.3) is 5.91 Å². The zero-order valence-electron chi connectivity index (χ0n) is 21.7. The molecule has 2 aromatic carbocycles. The summed E-state index contributed by atoms with van der Waals surface area (Å²) in [7, 11) is 0. The lowest BCUT2D eigenvalue weighted by Crippen LogP contribution is -2.37. The maximum absolute atomic E-state index is 12.3. The number of thiophene rings is 1. The molecule has 7 nitrogen and oxygen atoms in total. The normalized spacial score (nSPS) is 26.8. The standard InChI is InChI=1S/C30H33NO6S/c1-16-4-5-19(24(32)26-25(33)27-29(35-26)37-30(2,3)36-27)14-20(16)15-22-12-13-23(38-22)17-6-8-18(9-7-17)28(34)31-21-10-11-21/h4-9,12-14,21,24-27,29,32-33H,10-11,15H2,1-3H3,(H,31,34)/t24?,25-,26+,27+,29+/m1/s1. The zero-order valence-corrected chi connectivity index (χ0v) is 22.5. The van der Waals surface area contributed by atoms with Gasteiger partial charge < -0.3 is 29.7 Å². The van der Waals surface area contributed by atoms with Gasteiger partial charge in [0.1, 0.15) is 24.4 Å². The van der Waals surface area contributed by atoms with E-state index in [9.17, 15) is 15.0 Å². The average Bonchev–Trinajstić information content (AvgIpc) is 3.37. The Bertz CT molecular complexity index is 1330. The summed E-state index contributed by atoms with van der Waals surface area (Å²) in [6.45, 7) is 5.61. The van der Waals surface area contributed by atoms with Crippen molar-refractivity contribution in [3.63, 3.8) is 0 Å². The summed E-state index contributed by atoms with van der Waals surface area (Å²) in [5.41, 5.74) is 4.68. The largest absolute Gasteiger partial charge is 0.387 e. The number of hydrogen-bond acceptors (Lipinski definition) is 7. The smallest absolute Gasteiger partial charge is 0.251 e. The first kappa shape index (κ1) is 25.7. The Hall–Kier alpha value is -2.59. The average molecular weight is 536 g/mol. The van der Waals surface area contributed by atoms with Crippen LogP contribution in [0.1, 0.15) is 64.7 Å². The van der Waals surface area contributed by atoms with Crippen LogP contribution in [0, 0.1) is 6.92 Å². The molecule has 3 fully saturated rings. The van der Waals surface area contributed by atoms with Crippen LogP contribution in [0.3, 0.4) is 0 Å². The minimum absolute atomic E-state index is 0.00826. The first-order valence-corrected chi connectivity index (χ1v) is 14.0. The number of carbonyl (C=O) groups is 1. The molecule has 2 saturated heterocycles. The summed E-state index contributed by atoms with van der Waals surface area (Å²) in [6.07, 6.45) is -1.30. The molecule has 3 aromatic rings. The van der Waals surface area contributed by atoms with Crippen LogP contribution in [-0.2, 0) is 20.6 Å². The van der Waals surface area contributed by atoms with E-state index >= 15 is 0 Å². The van der Waals surface area contributed by atoms with Crippen molar-refractivity contribution < 1.29 is 29.2 Å². The Kier molecular flexibility index (Phi) is 6.66. The molecule has 5 atom stereocenters. The van der Waals surface area contributed by atoms with Gasteiger partial charge in [-0.25, -0.2) is 0 Å². The second kappa shape index (κ2) is 9.86. The van der Waals surface area contributed by atoms with E-state index in [-0.39, 0.29) is 5.91 Å². The van der Waals surface area contributed by atoms with E-state index in [1.807, 2.05) is 42.5 Å². The van der Waals surface area contributed by atoms with Gasteiger partial charge in [-0.15, -0.1) is 11.3 Å². The summed E-state index contributed by atoms with van der Waals surface area (Å²) in [5.74, 6) is -0.832. The summed E-state index contributed by atoms with van der Waals surface area (Å²) in [6, 6.07) is 18.2. The molecular formula is C30H33NO6S. The van der Waals surface area contributed by atoms with Crippen LogP contribution >= 0.6 is 11.3 Å². The molecule has 3 N–H and O–H groups in total. The molecule has 38 heavy (non-hydrogen) atoms. The van der Waals surface area contributed by atoms with Crippen molar-refractivity contribution in [1.29, 1.82) is 0 Å². The minimum Gasteiger partial charge on any atom is -0.387 e. The lowest BCUT2D eigenvalue weighted by Gasteiger charge is -2.26. The number of hydrogen-bond donors (Lipinski definition) is 3. The van der Waals surface area contributed by atoms with Gasteiger partial charge in [0, 0.05) is 27.8 Å². The number of ether oxygens (including phenoxy) is 3. The van der Waals surface area contributed by atoms with E-state index in [0.717, 1.165) is 40.8 Å². The predicted octanol–water partition coefficient (Wildman–Crippen LogP) is 4.48. The summed E-state index contributed by atoms with van der Waals surface area (Å²) in [4.78, 5) is 14.6. The molecular weight excluding hydrogens is 502 g/mol. The SMILES string of the molecule is Cc1ccc(C(O)[C@@H]2O[C@H]3OC(C)(C)O[C@H]3[C@@H]2O)cc1Cc1ccc(-c2ccc(C(=O)NC3CC3)cc2)s1. The second-order valence-corrected chi connectivity index (χ2v) is 12.1. The van der Waals surface area contributed by atoms with E-state index < -0.39 is 36.5 Å². The highest BCUT2D eigenvalue weighted by Crippen LogP contribution is 2.41. The Morgan fingerprint density at radius 3 is 2.58 bits per heavy atom. The van der Waals surface area contributed by atoms with E-state index in [0.29, 0.717) is 17.2 Å². The topological polar surface area (TPSA) is 97.2 Å². The monoisotopic (exact) mass is 535 g/mol. The highest BCUT2D eigenvalue weighted by molar-refractivity contribution is 7.15. The number of amides is 1. The van der Waals surface area contributed by atoms with Crippen LogP contribution in [0.4, 0.5) is 0 Å². The van der Waals surface area contributed by atoms with E-state index in [1.54, 1.807) is 25.2 Å². The van der Waals surface area contributed by atoms with Gasteiger partial charge in [-0.2, -0.15) is 0 Å². The van der Waals surface area contributed by atoms with Gasteiger partial charge in [-0.1, -0.05) is 30.3 Å². The summed E-state index contributed by atoms with van der Waals surface area (Å²) >= 11 is 1.71. The predicted molar refractivity (Wildman–Crippen MR) is 144 cm³/mol. The van der Waals surface area contributed by atoms with Crippen molar-refractivity contribution in [2.24, 2.45) is 0 Å². The first-order chi connectivity index (χ1) is 18.2. The first-order valence-electron chi connectivity index (χ1n) is 13.1. The number of fused-ring (bicyclic) bond motifs is 1. The maximum atomic E-state index is 12.3. The minimum atomic E-state index is -1.01. The van der Waals surface area contributed by atoms with Crippen LogP contribution in [0.15, 0.2) is 54.6 Å². The molecule has 0 radical (unpaired) electrons. The molecule has 6 rings (SSSR count). The van der Waals surface area contributed by atoms with Crippen molar-refractivity contribution >= 4 is 17.2 Å². The van der Waals surface area contributed by atoms with Crippen LogP contribution in [-0.4, -0.2) is 52.6 Å². The Morgan fingerprint density at radius 2 is 1.87 bits per heavy atom. The molecule has 8 heteroatoms.